The van der Waals surface area contributed by atoms with Crippen LogP contribution in [0.1, 0.15) is 115 Å². The molecule has 10 heteroatoms. The van der Waals surface area contributed by atoms with Crippen molar-refractivity contribution in [2.24, 2.45) is 10.8 Å². The van der Waals surface area contributed by atoms with Gasteiger partial charge in [-0.2, -0.15) is 4.98 Å². The van der Waals surface area contributed by atoms with Crippen LogP contribution in [-0.4, -0.2) is 62.6 Å². The summed E-state index contributed by atoms with van der Waals surface area (Å²) >= 11 is 1.79. The average molecular weight is 673 g/mol. The third kappa shape index (κ3) is 5.32. The van der Waals surface area contributed by atoms with Gasteiger partial charge in [0.1, 0.15) is 11.6 Å². The van der Waals surface area contributed by atoms with E-state index in [-0.39, 0.29) is 29.2 Å². The highest BCUT2D eigenvalue weighted by molar-refractivity contribution is 7.11. The number of nitrogens with zero attached hydrogens (tertiary/aromatic N) is 5. The van der Waals surface area contributed by atoms with Crippen LogP contribution in [0.2, 0.25) is 0 Å². The number of halogens is 1. The minimum absolute atomic E-state index is 0.0184. The van der Waals surface area contributed by atoms with Crippen molar-refractivity contribution in [2.45, 2.75) is 128 Å². The van der Waals surface area contributed by atoms with Crippen molar-refractivity contribution in [3.8, 4) is 0 Å². The number of aliphatic carboxylic acids is 1. The minimum atomic E-state index is -0.645. The number of thiazole rings is 1. The Bertz CT molecular complexity index is 1690. The molecule has 0 amide bonds. The second-order valence-electron chi connectivity index (χ2n) is 15.7. The summed E-state index contributed by atoms with van der Waals surface area (Å²) in [7, 11) is 2.10. The third-order valence-electron chi connectivity index (χ3n) is 12.8. The first-order valence-electron chi connectivity index (χ1n) is 18.2. The van der Waals surface area contributed by atoms with Crippen LogP contribution in [0.25, 0.3) is 0 Å². The monoisotopic (exact) mass is 672 g/mol. The van der Waals surface area contributed by atoms with E-state index in [2.05, 4.69) is 42.9 Å². The molecule has 2 N–H and O–H groups in total. The normalized spacial score (nSPS) is 30.1. The molecule has 5 atom stereocenters. The molecule has 2 saturated heterocycles. The number of carbonyl (C=O) groups is 1. The van der Waals surface area contributed by atoms with Gasteiger partial charge < -0.3 is 15.3 Å². The number of aromatic nitrogens is 3. The molecule has 48 heavy (non-hydrogen) atoms. The quantitative estimate of drug-likeness (QED) is 0.215. The van der Waals surface area contributed by atoms with Crippen LogP contribution in [0.3, 0.4) is 0 Å². The number of carboxylic acids is 1. The molecular weight excluding hydrogens is 624 g/mol. The zero-order valence-corrected chi connectivity index (χ0v) is 29.6. The van der Waals surface area contributed by atoms with Gasteiger partial charge in [-0.25, -0.2) is 14.4 Å². The van der Waals surface area contributed by atoms with E-state index in [1.54, 1.807) is 17.4 Å². The summed E-state index contributed by atoms with van der Waals surface area (Å²) in [4.78, 5) is 33.7. The molecule has 0 radical (unpaired) electrons. The molecule has 4 aliphatic carbocycles. The average Bonchev–Trinajstić information content (AvgIpc) is 3.46. The van der Waals surface area contributed by atoms with E-state index in [9.17, 15) is 14.3 Å². The molecule has 0 spiro atoms. The fourth-order valence-corrected chi connectivity index (χ4v) is 11.6. The van der Waals surface area contributed by atoms with E-state index in [0.717, 1.165) is 90.8 Å². The molecule has 1 aromatic carbocycles. The third-order valence-corrected chi connectivity index (χ3v) is 14.0. The smallest absolute Gasteiger partial charge is 0.309 e. The van der Waals surface area contributed by atoms with E-state index >= 15 is 0 Å². The topological polar surface area (TPSA) is 94.5 Å². The SMILES string of the molecule is CC[C@@H](N(C)c1nc2c(c(N[C@@H](CN3C4CCCC3CC4)c3sc(C)nc3C)n1)C[C@H](c1cccc(F)c1)CC2)C12CC(C(=O)O)(C1)C2. The molecule has 3 aromatic rings. The lowest BCUT2D eigenvalue weighted by atomic mass is 9.33. The van der Waals surface area contributed by atoms with Crippen molar-refractivity contribution in [2.75, 3.05) is 23.8 Å². The van der Waals surface area contributed by atoms with Crippen LogP contribution >= 0.6 is 11.3 Å². The summed E-state index contributed by atoms with van der Waals surface area (Å²) in [6, 6.07) is 8.58. The zero-order chi connectivity index (χ0) is 33.4. The molecule has 8 nitrogen and oxygen atoms in total. The molecule has 5 fully saturated rings. The van der Waals surface area contributed by atoms with Crippen LogP contribution in [0.5, 0.6) is 0 Å². The van der Waals surface area contributed by atoms with Gasteiger partial charge >= 0.3 is 5.97 Å². The van der Waals surface area contributed by atoms with E-state index in [0.29, 0.717) is 12.1 Å². The Morgan fingerprint density at radius 3 is 2.52 bits per heavy atom. The van der Waals surface area contributed by atoms with E-state index in [1.807, 2.05) is 12.1 Å². The molecule has 256 valence electrons. The number of piperidine rings is 1. The number of fused-ring (bicyclic) bond motifs is 3. The molecular formula is C38H49FN6O2S. The number of hydrogen-bond acceptors (Lipinski definition) is 8. The van der Waals surface area contributed by atoms with Gasteiger partial charge in [0.15, 0.2) is 0 Å². The van der Waals surface area contributed by atoms with Crippen LogP contribution in [0.15, 0.2) is 24.3 Å². The second kappa shape index (κ2) is 12.0. The summed E-state index contributed by atoms with van der Waals surface area (Å²) in [6.07, 6.45) is 12.1. The van der Waals surface area contributed by atoms with Crippen LogP contribution in [0, 0.1) is 30.5 Å². The summed E-state index contributed by atoms with van der Waals surface area (Å²) in [6.45, 7) is 7.35. The van der Waals surface area contributed by atoms with Gasteiger partial charge in [0.2, 0.25) is 5.95 Å². The molecule has 2 aliphatic heterocycles. The Morgan fingerprint density at radius 2 is 1.88 bits per heavy atom. The standard InChI is InChI=1S/C38H49FN6O2S/c1-5-32(37-19-38(20-37,21-37)35(46)47)44(4)36-42-30-15-12-25(24-8-6-9-26(39)16-24)17-29(30)34(43-36)41-31(33-22(2)40-23(3)48-33)18-45-27-10-7-11-28(45)14-13-27/h6,8-9,16,25,27-28,31-32H,5,7,10-15,17-21H2,1-4H3,(H,46,47)(H,41,42,43)/t25-,27?,28?,31+,32-,37?,38?/m1/s1. The lowest BCUT2D eigenvalue weighted by Gasteiger charge is -2.71. The number of anilines is 2. The van der Waals surface area contributed by atoms with Crippen LogP contribution in [0.4, 0.5) is 16.2 Å². The summed E-state index contributed by atoms with van der Waals surface area (Å²) in [5.41, 5.74) is 3.83. The Hall–Kier alpha value is -3.11. The van der Waals surface area contributed by atoms with Crippen molar-refractivity contribution in [3.05, 3.63) is 62.5 Å². The van der Waals surface area contributed by atoms with Gasteiger partial charge in [-0.3, -0.25) is 9.69 Å². The van der Waals surface area contributed by atoms with E-state index in [1.165, 1.54) is 43.0 Å². The summed E-state index contributed by atoms with van der Waals surface area (Å²) < 4.78 is 14.4. The maximum Gasteiger partial charge on any atom is 0.309 e. The van der Waals surface area contributed by atoms with Gasteiger partial charge in [0, 0.05) is 37.3 Å². The Kier molecular flexibility index (Phi) is 8.06. The maximum atomic E-state index is 14.4. The Labute approximate surface area is 287 Å². The van der Waals surface area contributed by atoms with Crippen LogP contribution in [-0.2, 0) is 17.6 Å². The fraction of sp³-hybridized carbons (Fsp3) is 0.632. The van der Waals surface area contributed by atoms with Gasteiger partial charge in [-0.05, 0) is 114 Å². The van der Waals surface area contributed by atoms with Gasteiger partial charge in [0.25, 0.3) is 0 Å². The first-order chi connectivity index (χ1) is 23.1. The van der Waals surface area contributed by atoms with Crippen molar-refractivity contribution in [3.63, 3.8) is 0 Å². The number of benzene rings is 1. The van der Waals surface area contributed by atoms with Gasteiger partial charge in [-0.15, -0.1) is 11.3 Å². The predicted octanol–water partition coefficient (Wildman–Crippen LogP) is 7.60. The minimum Gasteiger partial charge on any atom is -0.481 e. The van der Waals surface area contributed by atoms with Crippen molar-refractivity contribution in [1.82, 2.24) is 19.9 Å². The largest absolute Gasteiger partial charge is 0.481 e. The number of nitrogens with one attached hydrogen (secondary N) is 1. The molecule has 2 aromatic heterocycles. The van der Waals surface area contributed by atoms with E-state index < -0.39 is 11.4 Å². The summed E-state index contributed by atoms with van der Waals surface area (Å²) in [5, 5.41) is 14.9. The van der Waals surface area contributed by atoms with Gasteiger partial charge in [0.05, 0.1) is 32.7 Å². The Balaban J connectivity index is 1.16. The fourth-order valence-electron chi connectivity index (χ4n) is 10.6. The maximum absolute atomic E-state index is 14.4. The van der Waals surface area contributed by atoms with Crippen LogP contribution < -0.4 is 10.2 Å². The van der Waals surface area contributed by atoms with Crippen molar-refractivity contribution < 1.29 is 14.3 Å². The molecule has 6 aliphatic rings. The number of hydrogen-bond donors (Lipinski definition) is 2. The van der Waals surface area contributed by atoms with Crippen molar-refractivity contribution in [1.29, 1.82) is 0 Å². The molecule has 3 saturated carbocycles. The zero-order valence-electron chi connectivity index (χ0n) is 28.8. The molecule has 9 rings (SSSR count). The molecule has 4 bridgehead atoms. The van der Waals surface area contributed by atoms with E-state index in [4.69, 9.17) is 15.0 Å². The number of carboxylic acid groups (broad SMARTS) is 1. The van der Waals surface area contributed by atoms with Gasteiger partial charge in [-0.1, -0.05) is 25.5 Å². The molecule has 2 unspecified atom stereocenters. The highest BCUT2D eigenvalue weighted by atomic mass is 32.1. The predicted molar refractivity (Wildman–Crippen MR) is 187 cm³/mol. The highest BCUT2D eigenvalue weighted by Gasteiger charge is 2.74. The number of aryl methyl sites for hydroxylation is 3. The lowest BCUT2D eigenvalue weighted by Crippen LogP contribution is -2.72. The first kappa shape index (κ1) is 32.1. The number of rotatable bonds is 11. The first-order valence-corrected chi connectivity index (χ1v) is 19.0. The molecule has 4 heterocycles. The van der Waals surface area contributed by atoms with Crippen molar-refractivity contribution >= 4 is 29.1 Å². The lowest BCUT2D eigenvalue weighted by molar-refractivity contribution is -0.230. The highest BCUT2D eigenvalue weighted by Crippen LogP contribution is 2.75. The summed E-state index contributed by atoms with van der Waals surface area (Å²) in [5.74, 6) is 0.961. The Morgan fingerprint density at radius 1 is 1.12 bits per heavy atom. The second-order valence-corrected chi connectivity index (χ2v) is 16.9.